The Labute approximate surface area is 235 Å². The summed E-state index contributed by atoms with van der Waals surface area (Å²) in [6, 6.07) is 14.1. The van der Waals surface area contributed by atoms with Crippen LogP contribution in [0.15, 0.2) is 53.9 Å². The van der Waals surface area contributed by atoms with Gasteiger partial charge in [-0.05, 0) is 54.1 Å². The Kier molecular flexibility index (Phi) is 8.58. The molecule has 1 N–H and O–H groups in total. The van der Waals surface area contributed by atoms with Crippen LogP contribution in [0, 0.1) is 0 Å². The van der Waals surface area contributed by atoms with E-state index in [0.717, 1.165) is 23.3 Å². The van der Waals surface area contributed by atoms with Crippen molar-refractivity contribution in [3.8, 4) is 11.5 Å². The molecule has 0 radical (unpaired) electrons. The number of halogens is 2. The van der Waals surface area contributed by atoms with E-state index in [0.29, 0.717) is 46.9 Å². The molecule has 1 fully saturated rings. The van der Waals surface area contributed by atoms with Gasteiger partial charge < -0.3 is 29.3 Å². The fourth-order valence-corrected chi connectivity index (χ4v) is 5.61. The Bertz CT molecular complexity index is 1260. The Morgan fingerprint density at radius 1 is 1.00 bits per heavy atom. The molecule has 2 aromatic carbocycles. The fourth-order valence-electron chi connectivity index (χ4n) is 4.40. The van der Waals surface area contributed by atoms with E-state index in [1.807, 2.05) is 35.7 Å². The first-order chi connectivity index (χ1) is 18.5. The van der Waals surface area contributed by atoms with Crippen molar-refractivity contribution < 1.29 is 23.8 Å². The van der Waals surface area contributed by atoms with Crippen LogP contribution >= 0.6 is 34.5 Å². The molecule has 8 nitrogen and oxygen atoms in total. The number of fused-ring (bicyclic) bond motifs is 1. The highest BCUT2D eigenvalue weighted by atomic mass is 35.5. The Morgan fingerprint density at radius 3 is 2.55 bits per heavy atom. The minimum Gasteiger partial charge on any atom is -0.454 e. The van der Waals surface area contributed by atoms with Crippen molar-refractivity contribution in [3.63, 3.8) is 0 Å². The number of hydrogen-bond acceptors (Lipinski definition) is 6. The number of amides is 3. The van der Waals surface area contributed by atoms with E-state index < -0.39 is 6.03 Å². The lowest BCUT2D eigenvalue weighted by Crippen LogP contribution is -2.46. The number of carbonyl (C=O) groups excluding carboxylic acids is 2. The summed E-state index contributed by atoms with van der Waals surface area (Å²) in [7, 11) is 0. The fraction of sp³-hybridized carbons (Fsp3) is 0.333. The van der Waals surface area contributed by atoms with Gasteiger partial charge in [0.05, 0.1) is 28.4 Å². The molecule has 2 aliphatic heterocycles. The second-order valence-electron chi connectivity index (χ2n) is 9.06. The first-order valence-corrected chi connectivity index (χ1v) is 13.9. The van der Waals surface area contributed by atoms with Gasteiger partial charge in [-0.15, -0.1) is 11.3 Å². The zero-order valence-corrected chi connectivity index (χ0v) is 22.9. The smallest absolute Gasteiger partial charge is 0.322 e. The summed E-state index contributed by atoms with van der Waals surface area (Å²) in [5.74, 6) is 1.14. The van der Waals surface area contributed by atoms with Crippen molar-refractivity contribution in [2.45, 2.75) is 32.0 Å². The topological polar surface area (TPSA) is 80.3 Å². The van der Waals surface area contributed by atoms with E-state index >= 15 is 0 Å². The summed E-state index contributed by atoms with van der Waals surface area (Å²) < 4.78 is 16.7. The van der Waals surface area contributed by atoms with Crippen LogP contribution in [0.25, 0.3) is 0 Å². The normalized spacial score (nSPS) is 15.9. The molecule has 38 heavy (non-hydrogen) atoms. The summed E-state index contributed by atoms with van der Waals surface area (Å²) >= 11 is 14.1. The van der Waals surface area contributed by atoms with Gasteiger partial charge in [-0.1, -0.05) is 41.4 Å². The molecule has 5 rings (SSSR count). The van der Waals surface area contributed by atoms with Gasteiger partial charge in [0, 0.05) is 24.6 Å². The number of urea groups is 1. The van der Waals surface area contributed by atoms with Crippen LogP contribution in [0.1, 0.15) is 23.3 Å². The molecule has 0 spiro atoms. The predicted molar refractivity (Wildman–Crippen MR) is 147 cm³/mol. The van der Waals surface area contributed by atoms with Crippen LogP contribution in [-0.4, -0.2) is 54.3 Å². The second kappa shape index (κ2) is 12.3. The van der Waals surface area contributed by atoms with E-state index in [2.05, 4.69) is 5.32 Å². The Morgan fingerprint density at radius 2 is 1.82 bits per heavy atom. The lowest BCUT2D eigenvalue weighted by Gasteiger charge is -2.29. The molecule has 3 aromatic rings. The number of hydrogen-bond donors (Lipinski definition) is 1. The highest BCUT2D eigenvalue weighted by molar-refractivity contribution is 7.09. The van der Waals surface area contributed by atoms with Gasteiger partial charge in [0.2, 0.25) is 12.7 Å². The molecule has 2 aliphatic rings. The standard InChI is InChI=1S/C27H27Cl2N3O5S/c28-21-6-1-7-22(29)26(21)30-27(34)32(14-19-4-2-10-35-19)16-25(33)31(15-20-5-3-11-38-20)13-18-8-9-23-24(12-18)37-17-36-23/h1,3,5-9,11-12,19H,2,4,10,13-17H2,(H,30,34). The third kappa shape index (κ3) is 6.53. The van der Waals surface area contributed by atoms with Crippen LogP contribution in [0.2, 0.25) is 10.0 Å². The van der Waals surface area contributed by atoms with Crippen molar-refractivity contribution in [1.29, 1.82) is 0 Å². The summed E-state index contributed by atoms with van der Waals surface area (Å²) in [6.07, 6.45) is 1.59. The zero-order chi connectivity index (χ0) is 26.5. The zero-order valence-electron chi connectivity index (χ0n) is 20.5. The quantitative estimate of drug-likeness (QED) is 0.337. The number of ether oxygens (including phenoxy) is 3. The summed E-state index contributed by atoms with van der Waals surface area (Å²) in [5, 5.41) is 5.40. The van der Waals surface area contributed by atoms with Crippen LogP contribution in [0.4, 0.5) is 10.5 Å². The molecule has 11 heteroatoms. The Balaban J connectivity index is 1.35. The number of rotatable bonds is 9. The molecule has 1 saturated heterocycles. The second-order valence-corrected chi connectivity index (χ2v) is 10.9. The third-order valence-corrected chi connectivity index (χ3v) is 7.84. The van der Waals surface area contributed by atoms with Crippen LogP contribution in [0.5, 0.6) is 11.5 Å². The van der Waals surface area contributed by atoms with Crippen molar-refractivity contribution in [2.75, 3.05) is 31.8 Å². The van der Waals surface area contributed by atoms with Crippen LogP contribution < -0.4 is 14.8 Å². The predicted octanol–water partition coefficient (Wildman–Crippen LogP) is 6.03. The maximum Gasteiger partial charge on any atom is 0.322 e. The van der Waals surface area contributed by atoms with E-state index in [9.17, 15) is 9.59 Å². The molecule has 0 bridgehead atoms. The third-order valence-electron chi connectivity index (χ3n) is 6.35. The molecule has 0 aliphatic carbocycles. The molecule has 0 saturated carbocycles. The maximum atomic E-state index is 13.7. The summed E-state index contributed by atoms with van der Waals surface area (Å²) in [5.41, 5.74) is 1.21. The largest absolute Gasteiger partial charge is 0.454 e. The number of nitrogens with zero attached hydrogens (tertiary/aromatic N) is 2. The van der Waals surface area contributed by atoms with Gasteiger partial charge in [-0.3, -0.25) is 4.79 Å². The highest BCUT2D eigenvalue weighted by Gasteiger charge is 2.28. The van der Waals surface area contributed by atoms with Crippen molar-refractivity contribution in [2.24, 2.45) is 0 Å². The first kappa shape index (κ1) is 26.6. The van der Waals surface area contributed by atoms with Crippen molar-refractivity contribution in [1.82, 2.24) is 9.80 Å². The lowest BCUT2D eigenvalue weighted by atomic mass is 10.1. The van der Waals surface area contributed by atoms with Gasteiger partial charge >= 0.3 is 6.03 Å². The minimum atomic E-state index is -0.469. The van der Waals surface area contributed by atoms with Gasteiger partial charge in [0.1, 0.15) is 6.54 Å². The molecule has 3 amide bonds. The molecule has 3 heterocycles. The number of nitrogens with one attached hydrogen (secondary N) is 1. The van der Waals surface area contributed by atoms with E-state index in [1.165, 1.54) is 4.90 Å². The SMILES string of the molecule is O=C(CN(CC1CCCO1)C(=O)Nc1c(Cl)cccc1Cl)N(Cc1ccc2c(c1)OCO2)Cc1cccs1. The van der Waals surface area contributed by atoms with Gasteiger partial charge in [-0.25, -0.2) is 4.79 Å². The number of thiophene rings is 1. The van der Waals surface area contributed by atoms with Gasteiger partial charge in [0.25, 0.3) is 0 Å². The number of benzene rings is 2. The average molecular weight is 577 g/mol. The molecule has 1 unspecified atom stereocenters. The minimum absolute atomic E-state index is 0.135. The van der Waals surface area contributed by atoms with Gasteiger partial charge in [0.15, 0.2) is 11.5 Å². The highest BCUT2D eigenvalue weighted by Crippen LogP contribution is 2.33. The summed E-state index contributed by atoms with van der Waals surface area (Å²) in [4.78, 5) is 31.4. The number of anilines is 1. The first-order valence-electron chi connectivity index (χ1n) is 12.3. The van der Waals surface area contributed by atoms with Crippen LogP contribution in [-0.2, 0) is 22.6 Å². The van der Waals surface area contributed by atoms with E-state index in [1.54, 1.807) is 34.4 Å². The van der Waals surface area contributed by atoms with E-state index in [4.69, 9.17) is 37.4 Å². The lowest BCUT2D eigenvalue weighted by molar-refractivity contribution is -0.133. The molecular weight excluding hydrogens is 549 g/mol. The molecule has 1 aromatic heterocycles. The maximum absolute atomic E-state index is 13.7. The van der Waals surface area contributed by atoms with E-state index in [-0.39, 0.29) is 31.9 Å². The van der Waals surface area contributed by atoms with Gasteiger partial charge in [-0.2, -0.15) is 0 Å². The molecule has 1 atom stereocenters. The summed E-state index contributed by atoms with van der Waals surface area (Å²) in [6.45, 7) is 1.72. The molecule has 200 valence electrons. The number of carbonyl (C=O) groups is 2. The average Bonchev–Trinajstić information content (AvgIpc) is 3.68. The number of para-hydroxylation sites is 1. The van der Waals surface area contributed by atoms with Crippen LogP contribution in [0.3, 0.4) is 0 Å². The Hall–Kier alpha value is -2.98. The molecular formula is C27H27Cl2N3O5S. The van der Waals surface area contributed by atoms with Crippen molar-refractivity contribution >= 4 is 52.2 Å². The van der Waals surface area contributed by atoms with Crippen molar-refractivity contribution in [3.05, 3.63) is 74.4 Å². The monoisotopic (exact) mass is 575 g/mol.